The maximum Gasteiger partial charge on any atom is 0.573 e. The Morgan fingerprint density at radius 1 is 1.03 bits per heavy atom. The average molecular weight is 523 g/mol. The summed E-state index contributed by atoms with van der Waals surface area (Å²) >= 11 is 1.13. The van der Waals surface area contributed by atoms with Gasteiger partial charge in [0.15, 0.2) is 6.61 Å². The van der Waals surface area contributed by atoms with Gasteiger partial charge in [-0.2, -0.15) is 0 Å². The summed E-state index contributed by atoms with van der Waals surface area (Å²) in [7, 11) is 0. The molecule has 2 aromatic carbocycles. The van der Waals surface area contributed by atoms with Crippen LogP contribution in [0.5, 0.6) is 11.5 Å². The molecule has 1 heterocycles. The number of rotatable bonds is 11. The Kier molecular flexibility index (Phi) is 8.84. The van der Waals surface area contributed by atoms with Gasteiger partial charge >= 0.3 is 6.36 Å². The molecule has 0 aliphatic carbocycles. The van der Waals surface area contributed by atoms with Gasteiger partial charge in [0.25, 0.3) is 11.8 Å². The average Bonchev–Trinajstić information content (AvgIpc) is 3.31. The van der Waals surface area contributed by atoms with Crippen molar-refractivity contribution in [3.8, 4) is 11.5 Å². The SMILES string of the molecule is NC(=O)[C@H](Cc1ccccc1)NC(=O)c1csc(CNC(=O)COc2ccc(OC(F)(F)F)cc2)n1. The molecule has 0 saturated carbocycles. The number of halogens is 3. The van der Waals surface area contributed by atoms with Crippen molar-refractivity contribution in [2.75, 3.05) is 6.61 Å². The highest BCUT2D eigenvalue weighted by Gasteiger charge is 2.31. The van der Waals surface area contributed by atoms with Crippen molar-refractivity contribution < 1.29 is 37.0 Å². The number of thiazole rings is 1. The van der Waals surface area contributed by atoms with E-state index in [1.165, 1.54) is 17.5 Å². The minimum absolute atomic E-state index is 0.0156. The summed E-state index contributed by atoms with van der Waals surface area (Å²) in [5.74, 6) is -2.01. The number of aromatic nitrogens is 1. The highest BCUT2D eigenvalue weighted by atomic mass is 32.1. The number of primary amides is 1. The third-order valence-electron chi connectivity index (χ3n) is 4.58. The van der Waals surface area contributed by atoms with Gasteiger partial charge in [-0.25, -0.2) is 4.98 Å². The number of carbonyl (C=O) groups is 3. The number of nitrogens with two attached hydrogens (primary N) is 1. The molecule has 0 unspecified atom stereocenters. The second-order valence-electron chi connectivity index (χ2n) is 7.33. The fourth-order valence-electron chi connectivity index (χ4n) is 2.91. The molecule has 3 aromatic rings. The molecule has 0 aliphatic heterocycles. The van der Waals surface area contributed by atoms with Crippen LogP contribution in [-0.2, 0) is 22.6 Å². The summed E-state index contributed by atoms with van der Waals surface area (Å²) in [6.07, 6.45) is -4.57. The first kappa shape index (κ1) is 26.5. The molecular formula is C23H21F3N4O5S. The van der Waals surface area contributed by atoms with Crippen LogP contribution in [0.15, 0.2) is 60.0 Å². The lowest BCUT2D eigenvalue weighted by molar-refractivity contribution is -0.274. The van der Waals surface area contributed by atoms with E-state index in [0.717, 1.165) is 29.0 Å². The van der Waals surface area contributed by atoms with Crippen molar-refractivity contribution in [3.63, 3.8) is 0 Å². The van der Waals surface area contributed by atoms with Gasteiger partial charge in [-0.3, -0.25) is 14.4 Å². The number of carbonyl (C=O) groups excluding carboxylic acids is 3. The van der Waals surface area contributed by atoms with Crippen LogP contribution in [-0.4, -0.2) is 41.7 Å². The second-order valence-corrected chi connectivity index (χ2v) is 8.27. The molecule has 1 aromatic heterocycles. The number of hydrogen-bond acceptors (Lipinski definition) is 7. The van der Waals surface area contributed by atoms with E-state index in [-0.39, 0.29) is 24.4 Å². The summed E-state index contributed by atoms with van der Waals surface area (Å²) in [6.45, 7) is -0.375. The smallest absolute Gasteiger partial charge is 0.484 e. The van der Waals surface area contributed by atoms with E-state index in [4.69, 9.17) is 10.5 Å². The van der Waals surface area contributed by atoms with Crippen LogP contribution in [0.2, 0.25) is 0 Å². The first-order chi connectivity index (χ1) is 17.1. The summed E-state index contributed by atoms with van der Waals surface area (Å²) in [6, 6.07) is 12.7. The van der Waals surface area contributed by atoms with E-state index in [1.807, 2.05) is 30.3 Å². The van der Waals surface area contributed by atoms with Crippen molar-refractivity contribution in [3.05, 3.63) is 76.2 Å². The minimum Gasteiger partial charge on any atom is -0.484 e. The number of amides is 3. The Morgan fingerprint density at radius 2 is 1.69 bits per heavy atom. The summed E-state index contributed by atoms with van der Waals surface area (Å²) < 4.78 is 45.5. The lowest BCUT2D eigenvalue weighted by atomic mass is 10.1. The first-order valence-corrected chi connectivity index (χ1v) is 11.3. The molecule has 3 rings (SSSR count). The fourth-order valence-corrected chi connectivity index (χ4v) is 3.63. The normalized spacial score (nSPS) is 11.9. The zero-order valence-electron chi connectivity index (χ0n) is 18.6. The molecule has 0 aliphatic rings. The maximum absolute atomic E-state index is 12.5. The Labute approximate surface area is 207 Å². The molecule has 1 atom stereocenters. The minimum atomic E-state index is -4.80. The highest BCUT2D eigenvalue weighted by molar-refractivity contribution is 7.09. The van der Waals surface area contributed by atoms with Crippen LogP contribution >= 0.6 is 11.3 Å². The van der Waals surface area contributed by atoms with Crippen molar-refractivity contribution >= 4 is 29.1 Å². The summed E-state index contributed by atoms with van der Waals surface area (Å²) in [4.78, 5) is 40.4. The number of nitrogens with one attached hydrogen (secondary N) is 2. The quantitative estimate of drug-likeness (QED) is 0.355. The van der Waals surface area contributed by atoms with Crippen LogP contribution < -0.4 is 25.8 Å². The third-order valence-corrected chi connectivity index (χ3v) is 5.43. The van der Waals surface area contributed by atoms with Crippen molar-refractivity contribution in [2.24, 2.45) is 5.73 Å². The largest absolute Gasteiger partial charge is 0.573 e. The van der Waals surface area contributed by atoms with Gasteiger partial charge in [0.2, 0.25) is 5.91 Å². The molecule has 0 spiro atoms. The Balaban J connectivity index is 1.45. The molecule has 0 radical (unpaired) electrons. The fraction of sp³-hybridized carbons (Fsp3) is 0.217. The van der Waals surface area contributed by atoms with Crippen LogP contribution in [0, 0.1) is 0 Å². The number of nitrogens with zero attached hydrogens (tertiary/aromatic N) is 1. The number of hydrogen-bond donors (Lipinski definition) is 3. The van der Waals surface area contributed by atoms with E-state index in [1.54, 1.807) is 0 Å². The zero-order valence-corrected chi connectivity index (χ0v) is 19.4. The van der Waals surface area contributed by atoms with E-state index in [9.17, 15) is 27.6 Å². The lowest BCUT2D eigenvalue weighted by Gasteiger charge is -2.14. The van der Waals surface area contributed by atoms with Gasteiger partial charge in [-0.15, -0.1) is 24.5 Å². The van der Waals surface area contributed by atoms with E-state index in [0.29, 0.717) is 5.01 Å². The highest BCUT2D eigenvalue weighted by Crippen LogP contribution is 2.24. The Bertz CT molecular complexity index is 1190. The maximum atomic E-state index is 12.5. The number of alkyl halides is 3. The van der Waals surface area contributed by atoms with Crippen LogP contribution in [0.25, 0.3) is 0 Å². The second kappa shape index (κ2) is 12.0. The summed E-state index contributed by atoms with van der Waals surface area (Å²) in [5, 5.41) is 7.04. The first-order valence-electron chi connectivity index (χ1n) is 10.4. The predicted molar refractivity (Wildman–Crippen MR) is 123 cm³/mol. The molecule has 0 fully saturated rings. The van der Waals surface area contributed by atoms with Gasteiger partial charge in [0.1, 0.15) is 28.2 Å². The van der Waals surface area contributed by atoms with Crippen LogP contribution in [0.1, 0.15) is 21.1 Å². The van der Waals surface area contributed by atoms with Crippen molar-refractivity contribution in [1.29, 1.82) is 0 Å². The van der Waals surface area contributed by atoms with E-state index >= 15 is 0 Å². The number of ether oxygens (including phenoxy) is 2. The van der Waals surface area contributed by atoms with Crippen molar-refractivity contribution in [1.82, 2.24) is 15.6 Å². The van der Waals surface area contributed by atoms with Crippen molar-refractivity contribution in [2.45, 2.75) is 25.4 Å². The molecule has 0 bridgehead atoms. The molecule has 9 nitrogen and oxygen atoms in total. The molecule has 36 heavy (non-hydrogen) atoms. The molecule has 3 amide bonds. The van der Waals surface area contributed by atoms with Gasteiger partial charge in [-0.1, -0.05) is 30.3 Å². The lowest BCUT2D eigenvalue weighted by Crippen LogP contribution is -2.46. The van der Waals surface area contributed by atoms with E-state index in [2.05, 4.69) is 20.4 Å². The summed E-state index contributed by atoms with van der Waals surface area (Å²) in [5.41, 5.74) is 6.32. The third kappa shape index (κ3) is 8.58. The monoisotopic (exact) mass is 522 g/mol. The molecule has 13 heteroatoms. The van der Waals surface area contributed by atoms with Gasteiger partial charge < -0.3 is 25.8 Å². The standard InChI is InChI=1S/C23H21F3N4O5S/c24-23(25,26)35-16-8-6-15(7-9-16)34-12-19(31)28-11-20-29-18(13-36-20)22(33)30-17(21(27)32)10-14-4-2-1-3-5-14/h1-9,13,17H,10-12H2,(H2,27,32)(H,28,31)(H,30,33)/t17-/m0/s1. The predicted octanol–water partition coefficient (Wildman–Crippen LogP) is 2.56. The molecule has 0 saturated heterocycles. The Morgan fingerprint density at radius 3 is 2.33 bits per heavy atom. The Hall–Kier alpha value is -4.13. The van der Waals surface area contributed by atoms with Gasteiger partial charge in [0, 0.05) is 11.8 Å². The van der Waals surface area contributed by atoms with Gasteiger partial charge in [-0.05, 0) is 29.8 Å². The van der Waals surface area contributed by atoms with Crippen LogP contribution in [0.4, 0.5) is 13.2 Å². The molecule has 4 N–H and O–H groups in total. The zero-order chi connectivity index (χ0) is 26.1. The topological polar surface area (TPSA) is 133 Å². The van der Waals surface area contributed by atoms with E-state index < -0.39 is 42.5 Å². The van der Waals surface area contributed by atoms with Gasteiger partial charge in [0.05, 0.1) is 6.54 Å². The molecular weight excluding hydrogens is 501 g/mol. The van der Waals surface area contributed by atoms with Crippen LogP contribution in [0.3, 0.4) is 0 Å². The molecule has 190 valence electrons. The number of benzene rings is 2.